The van der Waals surface area contributed by atoms with Crippen LogP contribution in [0, 0.1) is 23.0 Å². The van der Waals surface area contributed by atoms with Crippen LogP contribution in [0.4, 0.5) is 8.78 Å². The Balaban J connectivity index is 2.20. The fourth-order valence-corrected chi connectivity index (χ4v) is 2.24. The molecule has 5 heteroatoms. The molecule has 0 aliphatic rings. The number of nitriles is 1. The number of nitrogens with zero attached hydrogens (tertiary/aromatic N) is 2. The van der Waals surface area contributed by atoms with Crippen molar-refractivity contribution in [3.05, 3.63) is 70.8 Å². The minimum atomic E-state index is -1.04. The van der Waals surface area contributed by atoms with Gasteiger partial charge in [0.05, 0.1) is 11.6 Å². The first-order valence-corrected chi connectivity index (χ1v) is 7.28. The van der Waals surface area contributed by atoms with Crippen molar-refractivity contribution in [3.8, 4) is 6.07 Å². The lowest BCUT2D eigenvalue weighted by molar-refractivity contribution is 0.0742. The summed E-state index contributed by atoms with van der Waals surface area (Å²) in [6.45, 7) is 2.78. The van der Waals surface area contributed by atoms with Crippen molar-refractivity contribution in [2.24, 2.45) is 0 Å². The van der Waals surface area contributed by atoms with Gasteiger partial charge in [0.1, 0.15) is 0 Å². The minimum absolute atomic E-state index is 0.117. The molecule has 2 aromatic rings. The van der Waals surface area contributed by atoms with Crippen LogP contribution in [-0.2, 0) is 6.54 Å². The van der Waals surface area contributed by atoms with E-state index in [0.29, 0.717) is 18.7 Å². The molecule has 0 spiro atoms. The lowest BCUT2D eigenvalue weighted by atomic mass is 10.1. The average Bonchev–Trinajstić information content (AvgIpc) is 2.57. The SMILES string of the molecule is CCCN(Cc1ccc(C#N)cc1)C(=O)c1ccc(F)c(F)c1. The Hall–Kier alpha value is -2.74. The molecule has 0 fully saturated rings. The van der Waals surface area contributed by atoms with Gasteiger partial charge in [-0.3, -0.25) is 4.79 Å². The first-order chi connectivity index (χ1) is 11.0. The molecule has 0 unspecified atom stereocenters. The summed E-state index contributed by atoms with van der Waals surface area (Å²) in [6.07, 6.45) is 0.742. The Morgan fingerprint density at radius 1 is 1.13 bits per heavy atom. The fraction of sp³-hybridized carbons (Fsp3) is 0.222. The van der Waals surface area contributed by atoms with Crippen LogP contribution in [0.5, 0.6) is 0 Å². The molecular weight excluding hydrogens is 298 g/mol. The highest BCUT2D eigenvalue weighted by Gasteiger charge is 2.17. The second-order valence-corrected chi connectivity index (χ2v) is 5.16. The molecule has 0 atom stereocenters. The Labute approximate surface area is 133 Å². The maximum Gasteiger partial charge on any atom is 0.254 e. The zero-order valence-corrected chi connectivity index (χ0v) is 12.7. The smallest absolute Gasteiger partial charge is 0.254 e. The Bertz CT molecular complexity index is 736. The lowest BCUT2D eigenvalue weighted by Crippen LogP contribution is -2.31. The first-order valence-electron chi connectivity index (χ1n) is 7.28. The van der Waals surface area contributed by atoms with E-state index in [0.717, 1.165) is 24.1 Å². The van der Waals surface area contributed by atoms with Gasteiger partial charge < -0.3 is 4.90 Å². The standard InChI is InChI=1S/C18H16F2N2O/c1-2-9-22(12-14-5-3-13(11-21)4-6-14)18(23)15-7-8-16(19)17(20)10-15/h3-8,10H,2,9,12H2,1H3. The number of hydrogen-bond donors (Lipinski definition) is 0. The third-order valence-electron chi connectivity index (χ3n) is 3.40. The van der Waals surface area contributed by atoms with E-state index in [1.165, 1.54) is 6.07 Å². The largest absolute Gasteiger partial charge is 0.334 e. The zero-order chi connectivity index (χ0) is 16.8. The molecule has 0 radical (unpaired) electrons. The van der Waals surface area contributed by atoms with Gasteiger partial charge in [-0.05, 0) is 42.3 Å². The highest BCUT2D eigenvalue weighted by atomic mass is 19.2. The number of carbonyl (C=O) groups excluding carboxylic acids is 1. The van der Waals surface area contributed by atoms with Crippen LogP contribution in [0.25, 0.3) is 0 Å². The average molecular weight is 314 g/mol. The van der Waals surface area contributed by atoms with Crippen molar-refractivity contribution in [1.82, 2.24) is 4.90 Å². The third kappa shape index (κ3) is 4.13. The molecular formula is C18H16F2N2O. The molecule has 0 aromatic heterocycles. The van der Waals surface area contributed by atoms with Gasteiger partial charge in [-0.1, -0.05) is 19.1 Å². The molecule has 0 heterocycles. The molecule has 0 saturated carbocycles. The maximum atomic E-state index is 13.3. The van der Waals surface area contributed by atoms with Crippen LogP contribution in [0.2, 0.25) is 0 Å². The Morgan fingerprint density at radius 3 is 2.39 bits per heavy atom. The zero-order valence-electron chi connectivity index (χ0n) is 12.7. The van der Waals surface area contributed by atoms with Crippen LogP contribution in [0.1, 0.15) is 34.8 Å². The molecule has 2 rings (SSSR count). The second-order valence-electron chi connectivity index (χ2n) is 5.16. The van der Waals surface area contributed by atoms with Crippen LogP contribution in [-0.4, -0.2) is 17.4 Å². The van der Waals surface area contributed by atoms with Crippen LogP contribution in [0.3, 0.4) is 0 Å². The molecule has 0 bridgehead atoms. The number of halogens is 2. The minimum Gasteiger partial charge on any atom is -0.334 e. The number of benzene rings is 2. The quantitative estimate of drug-likeness (QED) is 0.840. The number of carbonyl (C=O) groups is 1. The molecule has 1 amide bonds. The first kappa shape index (κ1) is 16.6. The number of rotatable bonds is 5. The molecule has 3 nitrogen and oxygen atoms in total. The van der Waals surface area contributed by atoms with E-state index in [4.69, 9.17) is 5.26 Å². The Kier molecular flexibility index (Phi) is 5.42. The monoisotopic (exact) mass is 314 g/mol. The summed E-state index contributed by atoms with van der Waals surface area (Å²) >= 11 is 0. The maximum absolute atomic E-state index is 13.3. The van der Waals surface area contributed by atoms with Crippen molar-refractivity contribution >= 4 is 5.91 Å². The van der Waals surface area contributed by atoms with E-state index in [9.17, 15) is 13.6 Å². The lowest BCUT2D eigenvalue weighted by Gasteiger charge is -2.22. The summed E-state index contributed by atoms with van der Waals surface area (Å²) in [4.78, 5) is 14.1. The summed E-state index contributed by atoms with van der Waals surface area (Å²) < 4.78 is 26.3. The third-order valence-corrected chi connectivity index (χ3v) is 3.40. The number of hydrogen-bond acceptors (Lipinski definition) is 2. The van der Waals surface area contributed by atoms with E-state index in [1.54, 1.807) is 29.2 Å². The fourth-order valence-electron chi connectivity index (χ4n) is 2.24. The van der Waals surface area contributed by atoms with Gasteiger partial charge in [0.2, 0.25) is 0 Å². The van der Waals surface area contributed by atoms with Crippen molar-refractivity contribution in [2.45, 2.75) is 19.9 Å². The van der Waals surface area contributed by atoms with Gasteiger partial charge in [0.15, 0.2) is 11.6 Å². The van der Waals surface area contributed by atoms with E-state index < -0.39 is 11.6 Å². The summed E-state index contributed by atoms with van der Waals surface area (Å²) in [6, 6.07) is 12.1. The predicted octanol–water partition coefficient (Wildman–Crippen LogP) is 3.89. The molecule has 2 aromatic carbocycles. The molecule has 0 saturated heterocycles. The van der Waals surface area contributed by atoms with Crippen LogP contribution in [0.15, 0.2) is 42.5 Å². The summed E-state index contributed by atoms with van der Waals surface area (Å²) in [5.41, 5.74) is 1.53. The van der Waals surface area contributed by atoms with Gasteiger partial charge in [0, 0.05) is 18.7 Å². The van der Waals surface area contributed by atoms with Crippen molar-refractivity contribution in [1.29, 1.82) is 5.26 Å². The molecule has 0 aliphatic carbocycles. The molecule has 23 heavy (non-hydrogen) atoms. The van der Waals surface area contributed by atoms with Crippen molar-refractivity contribution in [3.63, 3.8) is 0 Å². The highest BCUT2D eigenvalue weighted by molar-refractivity contribution is 5.94. The topological polar surface area (TPSA) is 44.1 Å². The van der Waals surface area contributed by atoms with Gasteiger partial charge in [-0.15, -0.1) is 0 Å². The summed E-state index contributed by atoms with van der Waals surface area (Å²) in [5.74, 6) is -2.36. The number of amides is 1. The van der Waals surface area contributed by atoms with Gasteiger partial charge >= 0.3 is 0 Å². The molecule has 0 aliphatic heterocycles. The van der Waals surface area contributed by atoms with Crippen LogP contribution >= 0.6 is 0 Å². The Morgan fingerprint density at radius 2 is 1.83 bits per heavy atom. The van der Waals surface area contributed by atoms with Gasteiger partial charge in [0.25, 0.3) is 5.91 Å². The predicted molar refractivity (Wildman–Crippen MR) is 82.5 cm³/mol. The highest BCUT2D eigenvalue weighted by Crippen LogP contribution is 2.14. The van der Waals surface area contributed by atoms with E-state index >= 15 is 0 Å². The second kappa shape index (κ2) is 7.50. The normalized spacial score (nSPS) is 10.2. The van der Waals surface area contributed by atoms with Crippen molar-refractivity contribution in [2.75, 3.05) is 6.54 Å². The summed E-state index contributed by atoms with van der Waals surface area (Å²) in [7, 11) is 0. The van der Waals surface area contributed by atoms with E-state index in [-0.39, 0.29) is 11.5 Å². The van der Waals surface area contributed by atoms with Gasteiger partial charge in [-0.25, -0.2) is 8.78 Å². The van der Waals surface area contributed by atoms with E-state index in [2.05, 4.69) is 0 Å². The molecule has 118 valence electrons. The van der Waals surface area contributed by atoms with Gasteiger partial charge in [-0.2, -0.15) is 5.26 Å². The van der Waals surface area contributed by atoms with Crippen LogP contribution < -0.4 is 0 Å². The van der Waals surface area contributed by atoms with Crippen molar-refractivity contribution < 1.29 is 13.6 Å². The summed E-state index contributed by atoms with van der Waals surface area (Å²) in [5, 5.41) is 8.80. The van der Waals surface area contributed by atoms with E-state index in [1.807, 2.05) is 13.0 Å². The molecule has 0 N–H and O–H groups in total.